The highest BCUT2D eigenvalue weighted by atomic mass is 28.3. The van der Waals surface area contributed by atoms with Crippen LogP contribution < -0.4 is 0 Å². The van der Waals surface area contributed by atoms with E-state index < -0.39 is 8.07 Å². The molecule has 1 heteroatoms. The maximum atomic E-state index is 3.86. The summed E-state index contributed by atoms with van der Waals surface area (Å²) >= 11 is 0. The van der Waals surface area contributed by atoms with Crippen LogP contribution in [-0.2, 0) is 0 Å². The summed E-state index contributed by atoms with van der Waals surface area (Å²) in [6, 6.07) is 6.14. The molecule has 0 unspecified atom stereocenters. The molecule has 0 aromatic carbocycles. The van der Waals surface area contributed by atoms with E-state index in [0.29, 0.717) is 0 Å². The first-order valence-corrected chi connectivity index (χ1v) is 8.88. The van der Waals surface area contributed by atoms with Gasteiger partial charge in [0.1, 0.15) is 0 Å². The highest BCUT2D eigenvalue weighted by Gasteiger charge is 2.32. The van der Waals surface area contributed by atoms with E-state index in [-0.39, 0.29) is 0 Å². The van der Waals surface area contributed by atoms with Crippen LogP contribution in [0.3, 0.4) is 0 Å². The first kappa shape index (κ1) is 11.8. The molecule has 0 radical (unpaired) electrons. The average Bonchev–Trinajstić information content (AvgIpc) is 2.25. The molecule has 1 aliphatic rings. The maximum Gasteiger partial charge on any atom is 0.0541 e. The number of hydrogen-bond donors (Lipinski definition) is 0. The van der Waals surface area contributed by atoms with Crippen LogP contribution in [0.5, 0.6) is 0 Å². The molecule has 1 fully saturated rings. The van der Waals surface area contributed by atoms with E-state index in [1.807, 2.05) is 0 Å². The monoisotopic (exact) mass is 208 g/mol. The molecule has 0 nitrogen and oxygen atoms in total. The first-order valence-electron chi connectivity index (χ1n) is 6.05. The van der Waals surface area contributed by atoms with E-state index in [4.69, 9.17) is 0 Å². The van der Waals surface area contributed by atoms with Crippen molar-refractivity contribution in [2.24, 2.45) is 0 Å². The normalized spacial score (nSPS) is 20.3. The van der Waals surface area contributed by atoms with E-state index >= 15 is 0 Å². The minimum absolute atomic E-state index is 0.867. The molecule has 14 heavy (non-hydrogen) atoms. The Morgan fingerprint density at radius 3 is 1.79 bits per heavy atom. The van der Waals surface area contributed by atoms with Gasteiger partial charge in [-0.3, -0.25) is 0 Å². The van der Waals surface area contributed by atoms with Gasteiger partial charge in [0.15, 0.2) is 0 Å². The lowest BCUT2D eigenvalue weighted by Crippen LogP contribution is -2.35. The Labute approximate surface area is 90.1 Å². The third-order valence-corrected chi connectivity index (χ3v) is 9.20. The highest BCUT2D eigenvalue weighted by Crippen LogP contribution is 2.36. The molecule has 80 valence electrons. The zero-order valence-electron chi connectivity index (χ0n) is 9.43. The Bertz CT molecular complexity index is 164. The van der Waals surface area contributed by atoms with Crippen molar-refractivity contribution in [3.05, 3.63) is 25.3 Å². The van der Waals surface area contributed by atoms with Crippen molar-refractivity contribution in [3.63, 3.8) is 0 Å². The average molecular weight is 208 g/mol. The molecule has 1 aliphatic heterocycles. The summed E-state index contributed by atoms with van der Waals surface area (Å²) in [6.07, 6.45) is 11.2. The fraction of sp³-hybridized carbons (Fsp3) is 0.692. The Morgan fingerprint density at radius 2 is 1.36 bits per heavy atom. The third kappa shape index (κ3) is 3.45. The van der Waals surface area contributed by atoms with E-state index in [2.05, 4.69) is 25.3 Å². The fourth-order valence-electron chi connectivity index (χ4n) is 2.74. The lowest BCUT2D eigenvalue weighted by molar-refractivity contribution is 0.697. The van der Waals surface area contributed by atoms with Crippen LogP contribution in [0.4, 0.5) is 0 Å². The minimum atomic E-state index is -0.867. The molecule has 0 amide bonds. The van der Waals surface area contributed by atoms with Crippen LogP contribution in [0.2, 0.25) is 24.2 Å². The predicted octanol–water partition coefficient (Wildman–Crippen LogP) is 4.77. The zero-order valence-corrected chi connectivity index (χ0v) is 10.4. The molecule has 1 rings (SSSR count). The van der Waals surface area contributed by atoms with E-state index in [0.717, 1.165) is 0 Å². The van der Waals surface area contributed by atoms with Gasteiger partial charge >= 0.3 is 0 Å². The zero-order chi connectivity index (χ0) is 10.3. The molecule has 0 aromatic heterocycles. The summed E-state index contributed by atoms with van der Waals surface area (Å²) in [7, 11) is -0.867. The van der Waals surface area contributed by atoms with Crippen molar-refractivity contribution in [1.29, 1.82) is 0 Å². The summed E-state index contributed by atoms with van der Waals surface area (Å²) < 4.78 is 0. The van der Waals surface area contributed by atoms with Gasteiger partial charge in [-0.2, -0.15) is 0 Å². The van der Waals surface area contributed by atoms with Gasteiger partial charge in [0, 0.05) is 0 Å². The molecule has 1 heterocycles. The van der Waals surface area contributed by atoms with Crippen LogP contribution in [0.25, 0.3) is 0 Å². The van der Waals surface area contributed by atoms with Crippen LogP contribution in [0.1, 0.15) is 32.1 Å². The Morgan fingerprint density at radius 1 is 0.857 bits per heavy atom. The quantitative estimate of drug-likeness (QED) is 0.435. The molecular weight excluding hydrogens is 184 g/mol. The molecule has 0 aromatic rings. The topological polar surface area (TPSA) is 0 Å². The van der Waals surface area contributed by atoms with E-state index in [9.17, 15) is 0 Å². The number of rotatable bonds is 6. The summed E-state index contributed by atoms with van der Waals surface area (Å²) in [6.45, 7) is 7.72. The molecule has 0 aliphatic carbocycles. The van der Waals surface area contributed by atoms with Crippen molar-refractivity contribution in [3.8, 4) is 0 Å². The van der Waals surface area contributed by atoms with Crippen molar-refractivity contribution >= 4 is 8.07 Å². The van der Waals surface area contributed by atoms with Gasteiger partial charge in [0.25, 0.3) is 0 Å². The Kier molecular flexibility index (Phi) is 5.24. The Balaban J connectivity index is 2.46. The predicted molar refractivity (Wildman–Crippen MR) is 68.5 cm³/mol. The minimum Gasteiger partial charge on any atom is -0.103 e. The van der Waals surface area contributed by atoms with Crippen LogP contribution in [0, 0.1) is 0 Å². The van der Waals surface area contributed by atoms with Crippen LogP contribution in [-0.4, -0.2) is 8.07 Å². The molecule has 0 saturated carbocycles. The van der Waals surface area contributed by atoms with Gasteiger partial charge in [-0.15, -0.1) is 13.2 Å². The van der Waals surface area contributed by atoms with Crippen molar-refractivity contribution in [2.45, 2.75) is 56.3 Å². The Hall–Kier alpha value is -0.303. The lowest BCUT2D eigenvalue weighted by atomic mass is 10.3. The number of hydrogen-bond acceptors (Lipinski definition) is 0. The summed E-state index contributed by atoms with van der Waals surface area (Å²) in [4.78, 5) is 0. The smallest absolute Gasteiger partial charge is 0.0541 e. The SMILES string of the molecule is C=CCC[Si]1(CCC=C)CCCCC1. The standard InChI is InChI=1S/C13H24Si/c1-3-5-10-14(11-6-4-2)12-8-7-9-13-14/h3-4H,1-2,5-13H2. The first-order chi connectivity index (χ1) is 6.83. The molecule has 0 spiro atoms. The fourth-order valence-corrected chi connectivity index (χ4v) is 7.88. The van der Waals surface area contributed by atoms with Gasteiger partial charge in [-0.1, -0.05) is 55.6 Å². The summed E-state index contributed by atoms with van der Waals surface area (Å²) in [5.41, 5.74) is 0. The van der Waals surface area contributed by atoms with Gasteiger partial charge in [0.2, 0.25) is 0 Å². The van der Waals surface area contributed by atoms with Gasteiger partial charge in [-0.05, 0) is 12.8 Å². The van der Waals surface area contributed by atoms with Crippen molar-refractivity contribution < 1.29 is 0 Å². The third-order valence-electron chi connectivity index (χ3n) is 3.67. The van der Waals surface area contributed by atoms with Gasteiger partial charge < -0.3 is 0 Å². The van der Waals surface area contributed by atoms with Crippen LogP contribution >= 0.6 is 0 Å². The van der Waals surface area contributed by atoms with Gasteiger partial charge in [0.05, 0.1) is 8.07 Å². The second-order valence-electron chi connectivity index (χ2n) is 4.72. The summed E-state index contributed by atoms with van der Waals surface area (Å²) in [5, 5.41) is 0. The highest BCUT2D eigenvalue weighted by molar-refractivity contribution is 6.80. The molecular formula is C13H24Si. The maximum absolute atomic E-state index is 3.86. The van der Waals surface area contributed by atoms with E-state index in [1.165, 1.54) is 44.2 Å². The van der Waals surface area contributed by atoms with Crippen LogP contribution in [0.15, 0.2) is 25.3 Å². The van der Waals surface area contributed by atoms with Gasteiger partial charge in [-0.25, -0.2) is 0 Å². The molecule has 0 N–H and O–H groups in total. The van der Waals surface area contributed by atoms with Crippen molar-refractivity contribution in [2.75, 3.05) is 0 Å². The van der Waals surface area contributed by atoms with E-state index in [1.54, 1.807) is 12.1 Å². The largest absolute Gasteiger partial charge is 0.103 e. The van der Waals surface area contributed by atoms with Crippen molar-refractivity contribution in [1.82, 2.24) is 0 Å². The second-order valence-corrected chi connectivity index (χ2v) is 9.72. The molecule has 0 atom stereocenters. The summed E-state index contributed by atoms with van der Waals surface area (Å²) in [5.74, 6) is 0. The molecule has 1 saturated heterocycles. The number of allylic oxidation sites excluding steroid dienone is 2. The second kappa shape index (κ2) is 6.23. The lowest BCUT2D eigenvalue weighted by Gasteiger charge is -2.35. The molecule has 0 bridgehead atoms.